The van der Waals surface area contributed by atoms with Gasteiger partial charge in [0.2, 0.25) is 0 Å². The number of aromatic nitrogens is 2. The van der Waals surface area contributed by atoms with E-state index in [1.54, 1.807) is 6.07 Å². The van der Waals surface area contributed by atoms with Crippen LogP contribution in [0.3, 0.4) is 0 Å². The number of thiophene rings is 1. The van der Waals surface area contributed by atoms with E-state index in [0.717, 1.165) is 26.8 Å². The first kappa shape index (κ1) is 20.6. The van der Waals surface area contributed by atoms with Gasteiger partial charge in [-0.05, 0) is 40.8 Å². The number of nitrogens with zero attached hydrogens (tertiary/aromatic N) is 3. The van der Waals surface area contributed by atoms with E-state index in [0.29, 0.717) is 4.88 Å². The summed E-state index contributed by atoms with van der Waals surface area (Å²) in [5, 5.41) is 7.83. The number of hydrogen-bond acceptors (Lipinski definition) is 4. The molecule has 4 aromatic rings. The van der Waals surface area contributed by atoms with E-state index in [4.69, 9.17) is 4.74 Å². The first-order valence-electron chi connectivity index (χ1n) is 10.0. The fourth-order valence-corrected chi connectivity index (χ4v) is 4.72. The van der Waals surface area contributed by atoms with Crippen molar-refractivity contribution >= 4 is 33.8 Å². The van der Waals surface area contributed by atoms with Crippen LogP contribution in [0.4, 0.5) is 19.0 Å². The van der Waals surface area contributed by atoms with Crippen molar-refractivity contribution in [3.63, 3.8) is 0 Å². The molecule has 0 bridgehead atoms. The Hall–Kier alpha value is -3.33. The molecule has 9 heteroatoms. The van der Waals surface area contributed by atoms with Gasteiger partial charge in [-0.1, -0.05) is 30.3 Å². The van der Waals surface area contributed by atoms with Crippen LogP contribution < -0.4 is 9.64 Å². The van der Waals surface area contributed by atoms with Crippen molar-refractivity contribution in [2.24, 2.45) is 0 Å². The molecule has 0 saturated carbocycles. The van der Waals surface area contributed by atoms with E-state index in [1.165, 1.54) is 28.5 Å². The molecule has 5 rings (SSSR count). The lowest BCUT2D eigenvalue weighted by Crippen LogP contribution is -2.42. The SMILES string of the molecule is O=C(c1cc(COc2ccc3ccccc3c2)cs1)N1CCC(C(F)(F)F)n2nccc21. The molecule has 0 fully saturated rings. The summed E-state index contributed by atoms with van der Waals surface area (Å²) in [4.78, 5) is 14.8. The maximum Gasteiger partial charge on any atom is 0.410 e. The van der Waals surface area contributed by atoms with Crippen LogP contribution >= 0.6 is 11.3 Å². The molecule has 3 heterocycles. The van der Waals surface area contributed by atoms with Gasteiger partial charge < -0.3 is 4.74 Å². The Labute approximate surface area is 185 Å². The molecule has 5 nitrogen and oxygen atoms in total. The maximum absolute atomic E-state index is 13.3. The number of amides is 1. The first-order valence-corrected chi connectivity index (χ1v) is 10.9. The molecule has 0 spiro atoms. The summed E-state index contributed by atoms with van der Waals surface area (Å²) in [5.74, 6) is 0.543. The third kappa shape index (κ3) is 3.84. The minimum atomic E-state index is -4.41. The van der Waals surface area contributed by atoms with E-state index >= 15 is 0 Å². The number of carbonyl (C=O) groups excluding carboxylic acids is 1. The number of benzene rings is 2. The number of carbonyl (C=O) groups is 1. The summed E-state index contributed by atoms with van der Waals surface area (Å²) in [7, 11) is 0. The Balaban J connectivity index is 1.29. The highest BCUT2D eigenvalue weighted by molar-refractivity contribution is 7.12. The zero-order valence-corrected chi connectivity index (χ0v) is 17.6. The minimum absolute atomic E-state index is 0.0183. The van der Waals surface area contributed by atoms with Crippen LogP contribution in [0.1, 0.15) is 27.7 Å². The normalized spacial score (nSPS) is 16.2. The molecule has 0 radical (unpaired) electrons. The predicted molar refractivity (Wildman–Crippen MR) is 116 cm³/mol. The Morgan fingerprint density at radius 2 is 1.94 bits per heavy atom. The number of hydrogen-bond donors (Lipinski definition) is 0. The van der Waals surface area contributed by atoms with Crippen molar-refractivity contribution in [3.8, 4) is 5.75 Å². The van der Waals surface area contributed by atoms with Crippen LogP contribution in [-0.4, -0.2) is 28.4 Å². The fraction of sp³-hybridized carbons (Fsp3) is 0.217. The van der Waals surface area contributed by atoms with Gasteiger partial charge in [-0.15, -0.1) is 11.3 Å². The number of alkyl halides is 3. The molecule has 2 aromatic heterocycles. The number of anilines is 1. The van der Waals surface area contributed by atoms with Crippen LogP contribution in [0, 0.1) is 0 Å². The van der Waals surface area contributed by atoms with Crippen molar-refractivity contribution in [3.05, 3.63) is 76.6 Å². The standard InChI is InChI=1S/C23H18F3N3O2S/c24-23(25,26)20-8-10-28(21-7-9-27-29(20)21)22(30)19-11-15(14-32-19)13-31-18-6-5-16-3-1-2-4-17(16)12-18/h1-7,9,11-12,14,20H,8,10,13H2. The smallest absolute Gasteiger partial charge is 0.410 e. The van der Waals surface area contributed by atoms with Gasteiger partial charge in [0.05, 0.1) is 11.1 Å². The van der Waals surface area contributed by atoms with Crippen molar-refractivity contribution in [2.45, 2.75) is 25.2 Å². The summed E-state index contributed by atoms with van der Waals surface area (Å²) in [5.41, 5.74) is 0.824. The molecule has 1 atom stereocenters. The lowest BCUT2D eigenvalue weighted by molar-refractivity contribution is -0.172. The minimum Gasteiger partial charge on any atom is -0.489 e. The maximum atomic E-state index is 13.3. The number of rotatable bonds is 4. The average molecular weight is 457 g/mol. The van der Waals surface area contributed by atoms with Crippen LogP contribution in [0.25, 0.3) is 10.8 Å². The van der Waals surface area contributed by atoms with Crippen LogP contribution in [-0.2, 0) is 6.61 Å². The zero-order chi connectivity index (χ0) is 22.3. The summed E-state index contributed by atoms with van der Waals surface area (Å²) in [6, 6.07) is 15.3. The molecule has 0 aliphatic carbocycles. The molecule has 1 aliphatic rings. The Kier molecular flexibility index (Phi) is 5.13. The molecular weight excluding hydrogens is 439 g/mol. The summed E-state index contributed by atoms with van der Waals surface area (Å²) in [6.45, 7) is 0.270. The summed E-state index contributed by atoms with van der Waals surface area (Å²) >= 11 is 1.25. The largest absolute Gasteiger partial charge is 0.489 e. The second-order valence-corrected chi connectivity index (χ2v) is 8.46. The van der Waals surface area contributed by atoms with Gasteiger partial charge in [-0.25, -0.2) is 4.68 Å². The highest BCUT2D eigenvalue weighted by Crippen LogP contribution is 2.39. The number of fused-ring (bicyclic) bond motifs is 2. The molecule has 1 aliphatic heterocycles. The molecule has 164 valence electrons. The highest BCUT2D eigenvalue weighted by atomic mass is 32.1. The van der Waals surface area contributed by atoms with Gasteiger partial charge >= 0.3 is 6.18 Å². The number of ether oxygens (including phenoxy) is 1. The molecule has 32 heavy (non-hydrogen) atoms. The quantitative estimate of drug-likeness (QED) is 0.387. The fourth-order valence-electron chi connectivity index (χ4n) is 3.88. The first-order chi connectivity index (χ1) is 15.4. The van der Waals surface area contributed by atoms with Crippen molar-refractivity contribution in [1.29, 1.82) is 0 Å². The molecule has 1 amide bonds. The third-order valence-electron chi connectivity index (χ3n) is 5.46. The lowest BCUT2D eigenvalue weighted by atomic mass is 10.1. The Morgan fingerprint density at radius 3 is 2.75 bits per heavy atom. The second-order valence-electron chi connectivity index (χ2n) is 7.55. The van der Waals surface area contributed by atoms with Crippen LogP contribution in [0.5, 0.6) is 5.75 Å². The predicted octanol–water partition coefficient (Wildman–Crippen LogP) is 5.83. The van der Waals surface area contributed by atoms with Gasteiger partial charge in [-0.3, -0.25) is 9.69 Å². The summed E-state index contributed by atoms with van der Waals surface area (Å²) < 4.78 is 46.6. The Morgan fingerprint density at radius 1 is 1.12 bits per heavy atom. The Bertz CT molecular complexity index is 1280. The van der Waals surface area contributed by atoms with Gasteiger partial charge in [0.1, 0.15) is 18.2 Å². The van der Waals surface area contributed by atoms with E-state index < -0.39 is 12.2 Å². The van der Waals surface area contributed by atoms with E-state index in [-0.39, 0.29) is 31.3 Å². The molecular formula is C23H18F3N3O2S. The molecule has 1 unspecified atom stereocenters. The third-order valence-corrected chi connectivity index (χ3v) is 6.43. The van der Waals surface area contributed by atoms with Crippen LogP contribution in [0.2, 0.25) is 0 Å². The van der Waals surface area contributed by atoms with Crippen LogP contribution in [0.15, 0.2) is 66.2 Å². The topological polar surface area (TPSA) is 47.4 Å². The monoisotopic (exact) mass is 457 g/mol. The van der Waals surface area contributed by atoms with E-state index in [2.05, 4.69) is 5.10 Å². The van der Waals surface area contributed by atoms with Crippen molar-refractivity contribution in [1.82, 2.24) is 9.78 Å². The van der Waals surface area contributed by atoms with Gasteiger partial charge in [-0.2, -0.15) is 18.3 Å². The van der Waals surface area contributed by atoms with Crippen molar-refractivity contribution in [2.75, 3.05) is 11.4 Å². The zero-order valence-electron chi connectivity index (χ0n) is 16.7. The van der Waals surface area contributed by atoms with Gasteiger partial charge in [0, 0.05) is 18.2 Å². The van der Waals surface area contributed by atoms with Crippen molar-refractivity contribution < 1.29 is 22.7 Å². The molecule has 0 saturated heterocycles. The van der Waals surface area contributed by atoms with E-state index in [9.17, 15) is 18.0 Å². The van der Waals surface area contributed by atoms with E-state index in [1.807, 2.05) is 47.8 Å². The lowest BCUT2D eigenvalue weighted by Gasteiger charge is -2.33. The van der Waals surface area contributed by atoms with Gasteiger partial charge in [0.15, 0.2) is 6.04 Å². The second kappa shape index (κ2) is 7.98. The van der Waals surface area contributed by atoms with Gasteiger partial charge in [0.25, 0.3) is 5.91 Å². The molecule has 2 aromatic carbocycles. The average Bonchev–Trinajstić information content (AvgIpc) is 3.45. The molecule has 0 N–H and O–H groups in total. The summed E-state index contributed by atoms with van der Waals surface area (Å²) in [6.07, 6.45) is -3.35. The number of halogens is 3. The highest BCUT2D eigenvalue weighted by Gasteiger charge is 2.46.